The van der Waals surface area contributed by atoms with Gasteiger partial charge in [0.25, 0.3) is 0 Å². The minimum absolute atomic E-state index is 0.144. The minimum Gasteiger partial charge on any atom is -0.493 e. The van der Waals surface area contributed by atoms with Gasteiger partial charge in [0.15, 0.2) is 0 Å². The normalized spacial score (nSPS) is 10.9. The Bertz CT molecular complexity index is 813. The van der Waals surface area contributed by atoms with Crippen LogP contribution in [0.1, 0.15) is 25.3 Å². The zero-order valence-corrected chi connectivity index (χ0v) is 14.7. The average molecular weight is 338 g/mol. The Labute approximate surface area is 147 Å². The Balaban J connectivity index is 1.62. The van der Waals surface area contributed by atoms with E-state index in [-0.39, 0.29) is 6.10 Å². The zero-order chi connectivity index (χ0) is 17.6. The lowest BCUT2D eigenvalue weighted by Crippen LogP contribution is -2.06. The summed E-state index contributed by atoms with van der Waals surface area (Å²) < 4.78 is 16.7. The predicted molar refractivity (Wildman–Crippen MR) is 95.9 cm³/mol. The maximum absolute atomic E-state index is 5.76. The fourth-order valence-corrected chi connectivity index (χ4v) is 2.42. The largest absolute Gasteiger partial charge is 0.493 e. The average Bonchev–Trinajstić information content (AvgIpc) is 3.06. The quantitative estimate of drug-likeness (QED) is 0.637. The first-order valence-corrected chi connectivity index (χ1v) is 8.40. The molecule has 0 N–H and O–H groups in total. The molecule has 0 saturated heterocycles. The van der Waals surface area contributed by atoms with Crippen molar-refractivity contribution in [1.29, 1.82) is 0 Å². The van der Waals surface area contributed by atoms with E-state index in [1.54, 1.807) is 0 Å². The van der Waals surface area contributed by atoms with Crippen LogP contribution in [0, 0.1) is 6.92 Å². The highest BCUT2D eigenvalue weighted by molar-refractivity contribution is 5.58. The van der Waals surface area contributed by atoms with Crippen LogP contribution in [0.25, 0.3) is 11.4 Å². The molecule has 0 aliphatic heterocycles. The molecule has 0 unspecified atom stereocenters. The Morgan fingerprint density at radius 3 is 2.60 bits per heavy atom. The molecule has 0 atom stereocenters. The van der Waals surface area contributed by atoms with Crippen LogP contribution >= 0.6 is 0 Å². The van der Waals surface area contributed by atoms with Crippen LogP contribution in [-0.2, 0) is 6.42 Å². The SMILES string of the molecule is Cc1cc(-c2noc(CCOc3ccccc3)n2)ccc1OC(C)C. The number of hydrogen-bond acceptors (Lipinski definition) is 5. The fourth-order valence-electron chi connectivity index (χ4n) is 2.42. The molecular weight excluding hydrogens is 316 g/mol. The van der Waals surface area contributed by atoms with Gasteiger partial charge >= 0.3 is 0 Å². The molecule has 0 aliphatic rings. The number of rotatable bonds is 7. The molecular formula is C20H22N2O3. The van der Waals surface area contributed by atoms with Gasteiger partial charge in [0.05, 0.1) is 19.1 Å². The molecule has 5 nitrogen and oxygen atoms in total. The smallest absolute Gasteiger partial charge is 0.230 e. The minimum atomic E-state index is 0.144. The van der Waals surface area contributed by atoms with Crippen LogP contribution in [0.4, 0.5) is 0 Å². The number of aromatic nitrogens is 2. The van der Waals surface area contributed by atoms with E-state index in [1.165, 1.54) is 0 Å². The third kappa shape index (κ3) is 4.59. The molecule has 1 heterocycles. The Morgan fingerprint density at radius 1 is 1.08 bits per heavy atom. The molecule has 0 spiro atoms. The number of nitrogens with zero attached hydrogens (tertiary/aromatic N) is 2. The van der Waals surface area contributed by atoms with Crippen molar-refractivity contribution in [2.45, 2.75) is 33.3 Å². The lowest BCUT2D eigenvalue weighted by Gasteiger charge is -2.12. The Hall–Kier alpha value is -2.82. The Kier molecular flexibility index (Phi) is 5.33. The molecule has 0 bridgehead atoms. The molecule has 0 amide bonds. The summed E-state index contributed by atoms with van der Waals surface area (Å²) in [5.74, 6) is 2.84. The van der Waals surface area contributed by atoms with E-state index in [0.717, 1.165) is 22.6 Å². The summed E-state index contributed by atoms with van der Waals surface area (Å²) in [6, 6.07) is 15.6. The molecule has 0 radical (unpaired) electrons. The van der Waals surface area contributed by atoms with E-state index < -0.39 is 0 Å². The fraction of sp³-hybridized carbons (Fsp3) is 0.300. The predicted octanol–water partition coefficient (Wildman–Crippen LogP) is 4.45. The van der Waals surface area contributed by atoms with E-state index in [2.05, 4.69) is 10.1 Å². The second-order valence-corrected chi connectivity index (χ2v) is 6.07. The van der Waals surface area contributed by atoms with Crippen LogP contribution in [0.2, 0.25) is 0 Å². The van der Waals surface area contributed by atoms with Crippen LogP contribution in [-0.4, -0.2) is 22.9 Å². The number of benzene rings is 2. The van der Waals surface area contributed by atoms with E-state index in [4.69, 9.17) is 14.0 Å². The van der Waals surface area contributed by atoms with Gasteiger partial charge in [-0.1, -0.05) is 23.4 Å². The number of aryl methyl sites for hydroxylation is 1. The summed E-state index contributed by atoms with van der Waals surface area (Å²) >= 11 is 0. The molecule has 130 valence electrons. The maximum Gasteiger partial charge on any atom is 0.230 e. The summed E-state index contributed by atoms with van der Waals surface area (Å²) in [4.78, 5) is 4.44. The van der Waals surface area contributed by atoms with Crippen molar-refractivity contribution in [1.82, 2.24) is 10.1 Å². The van der Waals surface area contributed by atoms with Gasteiger partial charge in [-0.25, -0.2) is 0 Å². The maximum atomic E-state index is 5.76. The van der Waals surface area contributed by atoms with Crippen molar-refractivity contribution >= 4 is 0 Å². The number of ether oxygens (including phenoxy) is 2. The van der Waals surface area contributed by atoms with Crippen molar-refractivity contribution in [3.63, 3.8) is 0 Å². The first-order chi connectivity index (χ1) is 12.1. The van der Waals surface area contributed by atoms with Crippen molar-refractivity contribution in [2.75, 3.05) is 6.61 Å². The first-order valence-electron chi connectivity index (χ1n) is 8.40. The Morgan fingerprint density at radius 2 is 1.88 bits per heavy atom. The second-order valence-electron chi connectivity index (χ2n) is 6.07. The van der Waals surface area contributed by atoms with Gasteiger partial charge in [-0.2, -0.15) is 4.98 Å². The molecule has 0 fully saturated rings. The summed E-state index contributed by atoms with van der Waals surface area (Å²) in [5.41, 5.74) is 1.96. The summed E-state index contributed by atoms with van der Waals surface area (Å²) in [7, 11) is 0. The number of hydrogen-bond donors (Lipinski definition) is 0. The van der Waals surface area contributed by atoms with Gasteiger partial charge in [0, 0.05) is 5.56 Å². The third-order valence-electron chi connectivity index (χ3n) is 3.59. The van der Waals surface area contributed by atoms with E-state index in [0.29, 0.717) is 24.7 Å². The van der Waals surface area contributed by atoms with Crippen molar-refractivity contribution in [3.8, 4) is 22.9 Å². The summed E-state index contributed by atoms with van der Waals surface area (Å²) in [6.07, 6.45) is 0.709. The van der Waals surface area contributed by atoms with E-state index in [1.807, 2.05) is 69.3 Å². The van der Waals surface area contributed by atoms with Gasteiger partial charge in [-0.3, -0.25) is 0 Å². The van der Waals surface area contributed by atoms with Crippen LogP contribution in [0.3, 0.4) is 0 Å². The van der Waals surface area contributed by atoms with E-state index in [9.17, 15) is 0 Å². The summed E-state index contributed by atoms with van der Waals surface area (Å²) in [6.45, 7) is 6.52. The molecule has 0 aliphatic carbocycles. The molecule has 3 aromatic rings. The molecule has 3 rings (SSSR count). The molecule has 2 aromatic carbocycles. The van der Waals surface area contributed by atoms with Gasteiger partial charge in [-0.15, -0.1) is 0 Å². The molecule has 1 aromatic heterocycles. The molecule has 0 saturated carbocycles. The van der Waals surface area contributed by atoms with Gasteiger partial charge in [-0.05, 0) is 56.7 Å². The highest BCUT2D eigenvalue weighted by Gasteiger charge is 2.11. The summed E-state index contributed by atoms with van der Waals surface area (Å²) in [5, 5.41) is 4.06. The third-order valence-corrected chi connectivity index (χ3v) is 3.59. The van der Waals surface area contributed by atoms with Gasteiger partial charge in [0.1, 0.15) is 11.5 Å². The molecule has 5 heteroatoms. The second kappa shape index (κ2) is 7.83. The lowest BCUT2D eigenvalue weighted by molar-refractivity contribution is 0.241. The lowest BCUT2D eigenvalue weighted by atomic mass is 10.1. The molecule has 25 heavy (non-hydrogen) atoms. The first kappa shape index (κ1) is 17.0. The van der Waals surface area contributed by atoms with Crippen LogP contribution < -0.4 is 9.47 Å². The van der Waals surface area contributed by atoms with Crippen LogP contribution in [0.5, 0.6) is 11.5 Å². The van der Waals surface area contributed by atoms with E-state index >= 15 is 0 Å². The zero-order valence-electron chi connectivity index (χ0n) is 14.7. The van der Waals surface area contributed by atoms with Crippen LogP contribution in [0.15, 0.2) is 53.1 Å². The van der Waals surface area contributed by atoms with Gasteiger partial charge < -0.3 is 14.0 Å². The highest BCUT2D eigenvalue weighted by atomic mass is 16.5. The van der Waals surface area contributed by atoms with Crippen molar-refractivity contribution in [3.05, 3.63) is 60.0 Å². The topological polar surface area (TPSA) is 57.4 Å². The highest BCUT2D eigenvalue weighted by Crippen LogP contribution is 2.25. The standard InChI is InChI=1S/C20H22N2O3/c1-14(2)24-18-10-9-16(13-15(18)3)20-21-19(25-22-20)11-12-23-17-7-5-4-6-8-17/h4-10,13-14H,11-12H2,1-3H3. The van der Waals surface area contributed by atoms with Crippen molar-refractivity contribution < 1.29 is 14.0 Å². The monoisotopic (exact) mass is 338 g/mol. The van der Waals surface area contributed by atoms with Gasteiger partial charge in [0.2, 0.25) is 11.7 Å². The number of para-hydroxylation sites is 1. The van der Waals surface area contributed by atoms with Crippen molar-refractivity contribution in [2.24, 2.45) is 0 Å².